The van der Waals surface area contributed by atoms with Crippen LogP contribution in [0.25, 0.3) is 0 Å². The quantitative estimate of drug-likeness (QED) is 0.688. The van der Waals surface area contributed by atoms with Crippen LogP contribution >= 0.6 is 0 Å². The molecule has 0 spiro atoms. The van der Waals surface area contributed by atoms with E-state index in [1.54, 1.807) is 18.3 Å². The third-order valence-corrected chi connectivity index (χ3v) is 2.21. The summed E-state index contributed by atoms with van der Waals surface area (Å²) in [5.74, 6) is 0.369. The van der Waals surface area contributed by atoms with Crippen LogP contribution in [0.5, 0.6) is 5.75 Å². The van der Waals surface area contributed by atoms with Gasteiger partial charge in [-0.25, -0.2) is 0 Å². The summed E-state index contributed by atoms with van der Waals surface area (Å²) in [5, 5.41) is 8.46. The summed E-state index contributed by atoms with van der Waals surface area (Å²) >= 11 is 0. The normalized spacial score (nSPS) is 9.75. The summed E-state index contributed by atoms with van der Waals surface area (Å²) in [4.78, 5) is 11.8. The maximum Gasteiger partial charge on any atom is 0.292 e. The minimum Gasteiger partial charge on any atom is -0.488 e. The molecule has 0 atom stereocenters. The Balaban J connectivity index is 2.71. The SMILES string of the molecule is CCCCOc1cccn(CCC#N)c1=O. The second-order valence-corrected chi connectivity index (χ2v) is 3.48. The first-order valence-corrected chi connectivity index (χ1v) is 5.48. The van der Waals surface area contributed by atoms with E-state index in [9.17, 15) is 4.79 Å². The highest BCUT2D eigenvalue weighted by atomic mass is 16.5. The lowest BCUT2D eigenvalue weighted by Crippen LogP contribution is -2.21. The van der Waals surface area contributed by atoms with Gasteiger partial charge in [0, 0.05) is 12.7 Å². The predicted octanol–water partition coefficient (Wildman–Crippen LogP) is 1.94. The topological polar surface area (TPSA) is 55.0 Å². The molecule has 1 aromatic heterocycles. The molecule has 0 saturated heterocycles. The summed E-state index contributed by atoms with van der Waals surface area (Å²) in [6, 6.07) is 5.45. The van der Waals surface area contributed by atoms with Crippen molar-refractivity contribution >= 4 is 0 Å². The molecule has 0 saturated carbocycles. The second-order valence-electron chi connectivity index (χ2n) is 3.48. The van der Waals surface area contributed by atoms with E-state index < -0.39 is 0 Å². The summed E-state index contributed by atoms with van der Waals surface area (Å²) in [7, 11) is 0. The monoisotopic (exact) mass is 220 g/mol. The number of aromatic nitrogens is 1. The minimum atomic E-state index is -0.158. The number of ether oxygens (including phenoxy) is 1. The third-order valence-electron chi connectivity index (χ3n) is 2.21. The van der Waals surface area contributed by atoms with Crippen LogP contribution in [0.4, 0.5) is 0 Å². The van der Waals surface area contributed by atoms with Crippen LogP contribution in [-0.4, -0.2) is 11.2 Å². The first kappa shape index (κ1) is 12.3. The number of nitrogens with zero attached hydrogens (tertiary/aromatic N) is 2. The van der Waals surface area contributed by atoms with E-state index in [0.717, 1.165) is 12.8 Å². The van der Waals surface area contributed by atoms with E-state index in [0.29, 0.717) is 25.3 Å². The Morgan fingerprint density at radius 3 is 3.06 bits per heavy atom. The zero-order valence-corrected chi connectivity index (χ0v) is 9.48. The summed E-state index contributed by atoms with van der Waals surface area (Å²) in [6.45, 7) is 3.05. The number of nitriles is 1. The molecule has 0 amide bonds. The highest BCUT2D eigenvalue weighted by molar-refractivity contribution is 5.17. The first-order chi connectivity index (χ1) is 7.79. The van der Waals surface area contributed by atoms with Crippen LogP contribution in [0.1, 0.15) is 26.2 Å². The zero-order chi connectivity index (χ0) is 11.8. The summed E-state index contributed by atoms with van der Waals surface area (Å²) < 4.78 is 6.89. The van der Waals surface area contributed by atoms with Gasteiger partial charge in [-0.1, -0.05) is 13.3 Å². The fraction of sp³-hybridized carbons (Fsp3) is 0.500. The number of hydrogen-bond donors (Lipinski definition) is 0. The second kappa shape index (κ2) is 6.67. The Hall–Kier alpha value is -1.76. The van der Waals surface area contributed by atoms with Gasteiger partial charge in [0.2, 0.25) is 0 Å². The van der Waals surface area contributed by atoms with Crippen LogP contribution in [0.2, 0.25) is 0 Å². The van der Waals surface area contributed by atoms with Gasteiger partial charge >= 0.3 is 0 Å². The van der Waals surface area contributed by atoms with Crippen LogP contribution < -0.4 is 10.3 Å². The molecule has 0 fully saturated rings. The molecular formula is C12H16N2O2. The Kier molecular flexibility index (Phi) is 5.13. The fourth-order valence-corrected chi connectivity index (χ4v) is 1.30. The molecule has 0 aliphatic carbocycles. The maximum absolute atomic E-state index is 11.8. The smallest absolute Gasteiger partial charge is 0.292 e. The molecular weight excluding hydrogens is 204 g/mol. The minimum absolute atomic E-state index is 0.158. The maximum atomic E-state index is 11.8. The van der Waals surface area contributed by atoms with E-state index >= 15 is 0 Å². The molecule has 0 aromatic carbocycles. The van der Waals surface area contributed by atoms with Crippen LogP contribution in [0.3, 0.4) is 0 Å². The van der Waals surface area contributed by atoms with Crippen molar-refractivity contribution in [2.45, 2.75) is 32.7 Å². The van der Waals surface area contributed by atoms with E-state index in [2.05, 4.69) is 6.92 Å². The van der Waals surface area contributed by atoms with Crippen LogP contribution in [0.15, 0.2) is 23.1 Å². The number of aryl methyl sites for hydroxylation is 1. The molecule has 4 heteroatoms. The number of pyridine rings is 1. The average molecular weight is 220 g/mol. The molecule has 86 valence electrons. The molecule has 1 heterocycles. The van der Waals surface area contributed by atoms with Crippen LogP contribution in [-0.2, 0) is 6.54 Å². The number of hydrogen-bond acceptors (Lipinski definition) is 3. The van der Waals surface area contributed by atoms with Gasteiger partial charge in [0.05, 0.1) is 19.1 Å². The highest BCUT2D eigenvalue weighted by Gasteiger charge is 2.03. The molecule has 4 nitrogen and oxygen atoms in total. The van der Waals surface area contributed by atoms with Gasteiger partial charge in [-0.05, 0) is 18.6 Å². The van der Waals surface area contributed by atoms with Crippen molar-refractivity contribution in [1.82, 2.24) is 4.57 Å². The average Bonchev–Trinajstić information content (AvgIpc) is 2.30. The van der Waals surface area contributed by atoms with Gasteiger partial charge < -0.3 is 9.30 Å². The molecule has 0 unspecified atom stereocenters. The van der Waals surface area contributed by atoms with Crippen molar-refractivity contribution in [3.63, 3.8) is 0 Å². The Morgan fingerprint density at radius 2 is 2.38 bits per heavy atom. The van der Waals surface area contributed by atoms with Gasteiger partial charge in [-0.2, -0.15) is 5.26 Å². The lowest BCUT2D eigenvalue weighted by Gasteiger charge is -2.07. The molecule has 0 aliphatic rings. The van der Waals surface area contributed by atoms with Crippen molar-refractivity contribution in [3.8, 4) is 11.8 Å². The van der Waals surface area contributed by atoms with Gasteiger partial charge in [0.25, 0.3) is 5.56 Å². The van der Waals surface area contributed by atoms with E-state index in [-0.39, 0.29) is 5.56 Å². The molecule has 16 heavy (non-hydrogen) atoms. The molecule has 0 bridgehead atoms. The number of rotatable bonds is 6. The van der Waals surface area contributed by atoms with Crippen molar-refractivity contribution in [1.29, 1.82) is 5.26 Å². The lowest BCUT2D eigenvalue weighted by molar-refractivity contribution is 0.302. The van der Waals surface area contributed by atoms with E-state index in [1.165, 1.54) is 4.57 Å². The van der Waals surface area contributed by atoms with Gasteiger partial charge in [0.15, 0.2) is 5.75 Å². The summed E-state index contributed by atoms with van der Waals surface area (Å²) in [5.41, 5.74) is -0.158. The highest BCUT2D eigenvalue weighted by Crippen LogP contribution is 2.03. The zero-order valence-electron chi connectivity index (χ0n) is 9.48. The predicted molar refractivity (Wildman–Crippen MR) is 61.3 cm³/mol. The first-order valence-electron chi connectivity index (χ1n) is 5.48. The lowest BCUT2D eigenvalue weighted by atomic mass is 10.3. The standard InChI is InChI=1S/C12H16N2O2/c1-2-3-10-16-11-6-4-8-14(12(11)15)9-5-7-13/h4,6,8H,2-3,5,9-10H2,1H3. The van der Waals surface area contributed by atoms with Gasteiger partial charge in [-0.15, -0.1) is 0 Å². The Labute approximate surface area is 95.1 Å². The van der Waals surface area contributed by atoms with E-state index in [4.69, 9.17) is 10.00 Å². The van der Waals surface area contributed by atoms with Gasteiger partial charge in [-0.3, -0.25) is 4.79 Å². The van der Waals surface area contributed by atoms with Crippen molar-refractivity contribution in [2.24, 2.45) is 0 Å². The molecule has 1 aromatic rings. The fourth-order valence-electron chi connectivity index (χ4n) is 1.30. The molecule has 0 radical (unpaired) electrons. The third kappa shape index (κ3) is 3.43. The molecule has 1 rings (SSSR count). The molecule has 0 N–H and O–H groups in total. The summed E-state index contributed by atoms with van der Waals surface area (Å²) in [6.07, 6.45) is 3.98. The molecule has 0 aliphatic heterocycles. The van der Waals surface area contributed by atoms with E-state index in [1.807, 2.05) is 6.07 Å². The van der Waals surface area contributed by atoms with Crippen molar-refractivity contribution in [3.05, 3.63) is 28.7 Å². The van der Waals surface area contributed by atoms with Crippen molar-refractivity contribution in [2.75, 3.05) is 6.61 Å². The Morgan fingerprint density at radius 1 is 1.56 bits per heavy atom. The largest absolute Gasteiger partial charge is 0.488 e. The van der Waals surface area contributed by atoms with Crippen LogP contribution in [0, 0.1) is 11.3 Å². The number of unbranched alkanes of at least 4 members (excludes halogenated alkanes) is 1. The van der Waals surface area contributed by atoms with Gasteiger partial charge in [0.1, 0.15) is 0 Å². The van der Waals surface area contributed by atoms with Crippen molar-refractivity contribution < 1.29 is 4.74 Å². The Bertz CT molecular complexity index is 418.